The van der Waals surface area contributed by atoms with Crippen LogP contribution in [0.5, 0.6) is 17.2 Å². The molecule has 6 heteroatoms. The van der Waals surface area contributed by atoms with Crippen molar-refractivity contribution in [1.29, 1.82) is 0 Å². The van der Waals surface area contributed by atoms with Gasteiger partial charge in [0.25, 0.3) is 0 Å². The molecule has 6 nitrogen and oxygen atoms in total. The van der Waals surface area contributed by atoms with Crippen molar-refractivity contribution in [2.45, 2.75) is 12.7 Å². The van der Waals surface area contributed by atoms with Crippen molar-refractivity contribution in [2.24, 2.45) is 0 Å². The molecule has 0 fully saturated rings. The fourth-order valence-electron chi connectivity index (χ4n) is 1.46. The molecule has 1 unspecified atom stereocenters. The molecule has 0 aromatic heterocycles. The molecule has 1 aromatic rings. The number of rotatable bonds is 5. The number of fused-ring (bicyclic) bond motifs is 1. The molecule has 0 radical (unpaired) electrons. The normalized spacial score (nSPS) is 14.8. The monoisotopic (exact) mass is 242 g/mol. The van der Waals surface area contributed by atoms with Crippen LogP contribution in [0, 0.1) is 0 Å². The lowest BCUT2D eigenvalue weighted by molar-refractivity contribution is 0.0528. The maximum Gasteiger partial charge on any atom is 0.231 e. The molecule has 3 N–H and O–H groups in total. The van der Waals surface area contributed by atoms with E-state index >= 15 is 0 Å². The van der Waals surface area contributed by atoms with Gasteiger partial charge in [0.15, 0.2) is 11.5 Å². The lowest BCUT2D eigenvalue weighted by Gasteiger charge is -2.13. The minimum Gasteiger partial charge on any atom is -0.490 e. The van der Waals surface area contributed by atoms with Crippen molar-refractivity contribution in [3.8, 4) is 17.2 Å². The SMILES string of the molecule is OCc1cc2c(cc1OCC(O)CO)OCO2. The van der Waals surface area contributed by atoms with Crippen LogP contribution in [-0.4, -0.2) is 41.4 Å². The zero-order valence-electron chi connectivity index (χ0n) is 9.13. The summed E-state index contributed by atoms with van der Waals surface area (Å²) in [6.07, 6.45) is -0.952. The van der Waals surface area contributed by atoms with Crippen LogP contribution in [0.25, 0.3) is 0 Å². The molecule has 1 aromatic carbocycles. The summed E-state index contributed by atoms with van der Waals surface area (Å²) >= 11 is 0. The number of aliphatic hydroxyl groups is 3. The van der Waals surface area contributed by atoms with Gasteiger partial charge in [-0.3, -0.25) is 0 Å². The average Bonchev–Trinajstić information content (AvgIpc) is 2.81. The minimum absolute atomic E-state index is 0.0524. The van der Waals surface area contributed by atoms with E-state index in [-0.39, 0.29) is 26.6 Å². The van der Waals surface area contributed by atoms with E-state index in [2.05, 4.69) is 0 Å². The lowest BCUT2D eigenvalue weighted by atomic mass is 10.2. The van der Waals surface area contributed by atoms with Crippen molar-refractivity contribution >= 4 is 0 Å². The average molecular weight is 242 g/mol. The summed E-state index contributed by atoms with van der Waals surface area (Å²) in [4.78, 5) is 0. The Balaban J connectivity index is 2.15. The van der Waals surface area contributed by atoms with Gasteiger partial charge >= 0.3 is 0 Å². The molecular weight excluding hydrogens is 228 g/mol. The standard InChI is InChI=1S/C11H14O6/c12-3-7-1-10-11(17-6-16-10)2-9(7)15-5-8(14)4-13/h1-2,8,12-14H,3-6H2. The summed E-state index contributed by atoms with van der Waals surface area (Å²) in [5.41, 5.74) is 0.541. The maximum absolute atomic E-state index is 9.18. The first-order chi connectivity index (χ1) is 8.24. The van der Waals surface area contributed by atoms with Crippen molar-refractivity contribution in [1.82, 2.24) is 0 Å². The molecule has 0 amide bonds. The third kappa shape index (κ3) is 2.60. The Labute approximate surface area is 98.0 Å². The third-order valence-electron chi connectivity index (χ3n) is 2.37. The molecule has 1 aliphatic rings. The van der Waals surface area contributed by atoms with Gasteiger partial charge in [-0.25, -0.2) is 0 Å². The van der Waals surface area contributed by atoms with Gasteiger partial charge in [-0.1, -0.05) is 0 Å². The summed E-state index contributed by atoms with van der Waals surface area (Å²) in [7, 11) is 0. The molecule has 0 saturated heterocycles. The second-order valence-electron chi connectivity index (χ2n) is 3.62. The first kappa shape index (κ1) is 12.0. The number of benzene rings is 1. The van der Waals surface area contributed by atoms with Crippen LogP contribution in [0.1, 0.15) is 5.56 Å². The number of hydrogen-bond acceptors (Lipinski definition) is 6. The topological polar surface area (TPSA) is 88.4 Å². The number of hydrogen-bond donors (Lipinski definition) is 3. The molecule has 0 aliphatic carbocycles. The van der Waals surface area contributed by atoms with Crippen molar-refractivity contribution < 1.29 is 29.5 Å². The van der Waals surface area contributed by atoms with Gasteiger partial charge in [0.05, 0.1) is 13.2 Å². The number of aliphatic hydroxyl groups excluding tert-OH is 3. The minimum atomic E-state index is -0.952. The van der Waals surface area contributed by atoms with Crippen LogP contribution in [0.3, 0.4) is 0 Å². The molecule has 0 saturated carbocycles. The van der Waals surface area contributed by atoms with Crippen LogP contribution in [0.4, 0.5) is 0 Å². The Morgan fingerprint density at radius 3 is 2.59 bits per heavy atom. The zero-order valence-corrected chi connectivity index (χ0v) is 9.13. The van der Waals surface area contributed by atoms with Crippen LogP contribution < -0.4 is 14.2 Å². The molecule has 0 bridgehead atoms. The van der Waals surface area contributed by atoms with Gasteiger partial charge in [-0.05, 0) is 6.07 Å². The molecule has 1 heterocycles. The van der Waals surface area contributed by atoms with E-state index in [1.807, 2.05) is 0 Å². The predicted molar refractivity (Wildman–Crippen MR) is 57.1 cm³/mol. The Morgan fingerprint density at radius 1 is 1.24 bits per heavy atom. The summed E-state index contributed by atoms with van der Waals surface area (Å²) in [5.74, 6) is 1.50. The molecule has 2 rings (SSSR count). The van der Waals surface area contributed by atoms with Gasteiger partial charge in [0, 0.05) is 11.6 Å². The van der Waals surface area contributed by atoms with Gasteiger partial charge in [-0.15, -0.1) is 0 Å². The second kappa shape index (κ2) is 5.22. The third-order valence-corrected chi connectivity index (χ3v) is 2.37. The van der Waals surface area contributed by atoms with Crippen molar-refractivity contribution in [3.63, 3.8) is 0 Å². The van der Waals surface area contributed by atoms with Gasteiger partial charge < -0.3 is 29.5 Å². The molecule has 94 valence electrons. The zero-order chi connectivity index (χ0) is 12.3. The fraction of sp³-hybridized carbons (Fsp3) is 0.455. The van der Waals surface area contributed by atoms with Crippen molar-refractivity contribution in [2.75, 3.05) is 20.0 Å². The van der Waals surface area contributed by atoms with Crippen LogP contribution in [-0.2, 0) is 6.61 Å². The highest BCUT2D eigenvalue weighted by Crippen LogP contribution is 2.38. The maximum atomic E-state index is 9.18. The summed E-state index contributed by atoms with van der Waals surface area (Å²) in [5, 5.41) is 27.0. The molecule has 17 heavy (non-hydrogen) atoms. The first-order valence-corrected chi connectivity index (χ1v) is 5.19. The lowest BCUT2D eigenvalue weighted by Crippen LogP contribution is -2.21. The van der Waals surface area contributed by atoms with Crippen LogP contribution >= 0.6 is 0 Å². The van der Waals surface area contributed by atoms with Crippen molar-refractivity contribution in [3.05, 3.63) is 17.7 Å². The van der Waals surface area contributed by atoms with E-state index in [0.29, 0.717) is 22.8 Å². The van der Waals surface area contributed by atoms with Crippen LogP contribution in [0.15, 0.2) is 12.1 Å². The Hall–Kier alpha value is -1.50. The first-order valence-electron chi connectivity index (χ1n) is 5.19. The Morgan fingerprint density at radius 2 is 1.94 bits per heavy atom. The Kier molecular flexibility index (Phi) is 3.68. The Bertz CT molecular complexity index is 392. The van der Waals surface area contributed by atoms with Gasteiger partial charge in [0.1, 0.15) is 18.5 Å². The summed E-state index contributed by atoms with van der Waals surface area (Å²) < 4.78 is 15.6. The van der Waals surface area contributed by atoms with Gasteiger partial charge in [0.2, 0.25) is 6.79 Å². The largest absolute Gasteiger partial charge is 0.490 e. The second-order valence-corrected chi connectivity index (χ2v) is 3.62. The molecule has 0 spiro atoms. The highest BCUT2D eigenvalue weighted by Gasteiger charge is 2.18. The number of ether oxygens (including phenoxy) is 3. The predicted octanol–water partition coefficient (Wildman–Crippen LogP) is -0.360. The van der Waals surface area contributed by atoms with E-state index in [0.717, 1.165) is 0 Å². The smallest absolute Gasteiger partial charge is 0.231 e. The van der Waals surface area contributed by atoms with E-state index < -0.39 is 6.10 Å². The summed E-state index contributed by atoms with van der Waals surface area (Å²) in [6, 6.07) is 3.22. The summed E-state index contributed by atoms with van der Waals surface area (Å²) in [6.45, 7) is -0.494. The van der Waals surface area contributed by atoms with E-state index in [1.54, 1.807) is 12.1 Å². The van der Waals surface area contributed by atoms with E-state index in [4.69, 9.17) is 19.3 Å². The molecule has 1 aliphatic heterocycles. The highest BCUT2D eigenvalue weighted by atomic mass is 16.7. The van der Waals surface area contributed by atoms with Gasteiger partial charge in [-0.2, -0.15) is 0 Å². The fourth-order valence-corrected chi connectivity index (χ4v) is 1.46. The molecule has 1 atom stereocenters. The van der Waals surface area contributed by atoms with E-state index in [1.165, 1.54) is 0 Å². The molecular formula is C11H14O6. The highest BCUT2D eigenvalue weighted by molar-refractivity contribution is 5.51. The quantitative estimate of drug-likeness (QED) is 0.653. The van der Waals surface area contributed by atoms with E-state index in [9.17, 15) is 10.2 Å². The van der Waals surface area contributed by atoms with Crippen LogP contribution in [0.2, 0.25) is 0 Å².